The second kappa shape index (κ2) is 6.24. The molecule has 1 saturated heterocycles. The molecule has 0 aromatic heterocycles. The molecule has 9 nitrogen and oxygen atoms in total. The summed E-state index contributed by atoms with van der Waals surface area (Å²) in [6, 6.07) is 4.18. The minimum atomic E-state index is -0.539. The maximum Gasteiger partial charge on any atom is 0.271 e. The fourth-order valence-corrected chi connectivity index (χ4v) is 4.22. The molecule has 9 heteroatoms. The van der Waals surface area contributed by atoms with Crippen LogP contribution in [0.4, 0.5) is 11.4 Å². The van der Waals surface area contributed by atoms with Gasteiger partial charge in [-0.1, -0.05) is 0 Å². The maximum absolute atomic E-state index is 12.7. The molecular formula is C17H20N4O5. The first-order valence-electron chi connectivity index (χ1n) is 8.69. The Kier molecular flexibility index (Phi) is 4.03. The van der Waals surface area contributed by atoms with Crippen LogP contribution in [0.3, 0.4) is 0 Å². The number of nitrogens with two attached hydrogens (primary N) is 1. The zero-order valence-electron chi connectivity index (χ0n) is 14.2. The summed E-state index contributed by atoms with van der Waals surface area (Å²) >= 11 is 0. The van der Waals surface area contributed by atoms with Crippen molar-refractivity contribution < 1.29 is 19.2 Å². The number of likely N-dealkylation sites (tertiary alicyclic amines) is 1. The van der Waals surface area contributed by atoms with Gasteiger partial charge < -0.3 is 15.4 Å². The number of hydrogen-bond acceptors (Lipinski definition) is 6. The lowest BCUT2D eigenvalue weighted by molar-refractivity contribution is -0.384. The third-order valence-corrected chi connectivity index (χ3v) is 5.65. The van der Waals surface area contributed by atoms with Gasteiger partial charge >= 0.3 is 0 Å². The first-order chi connectivity index (χ1) is 12.4. The molecule has 26 heavy (non-hydrogen) atoms. The van der Waals surface area contributed by atoms with Gasteiger partial charge in [-0.05, 0) is 30.7 Å². The molecule has 2 amide bonds. The Balaban J connectivity index is 1.53. The van der Waals surface area contributed by atoms with Crippen LogP contribution in [0.15, 0.2) is 18.2 Å². The van der Waals surface area contributed by atoms with Gasteiger partial charge in [0, 0.05) is 31.3 Å². The highest BCUT2D eigenvalue weighted by atomic mass is 16.6. The van der Waals surface area contributed by atoms with Crippen molar-refractivity contribution >= 4 is 23.2 Å². The summed E-state index contributed by atoms with van der Waals surface area (Å²) in [4.78, 5) is 38.5. The molecule has 0 spiro atoms. The van der Waals surface area contributed by atoms with Crippen molar-refractivity contribution in [2.45, 2.75) is 18.9 Å². The quantitative estimate of drug-likeness (QED) is 0.620. The number of anilines is 1. The normalized spacial score (nSPS) is 27.1. The summed E-state index contributed by atoms with van der Waals surface area (Å²) in [6.45, 7) is 0.946. The van der Waals surface area contributed by atoms with E-state index in [1.165, 1.54) is 23.1 Å². The molecule has 2 heterocycles. The number of nitro benzene ring substituents is 1. The Morgan fingerprint density at radius 2 is 2.15 bits per heavy atom. The lowest BCUT2D eigenvalue weighted by Crippen LogP contribution is -2.46. The van der Waals surface area contributed by atoms with Crippen LogP contribution in [0.2, 0.25) is 0 Å². The second-order valence-electron chi connectivity index (χ2n) is 7.14. The van der Waals surface area contributed by atoms with E-state index < -0.39 is 4.92 Å². The predicted octanol–water partition coefficient (Wildman–Crippen LogP) is 0.516. The van der Waals surface area contributed by atoms with Crippen molar-refractivity contribution in [2.24, 2.45) is 17.6 Å². The van der Waals surface area contributed by atoms with Crippen molar-refractivity contribution in [3.63, 3.8) is 0 Å². The number of nitro groups is 1. The summed E-state index contributed by atoms with van der Waals surface area (Å²) in [5.74, 6) is 0.570. The van der Waals surface area contributed by atoms with Crippen LogP contribution in [0.5, 0.6) is 5.75 Å². The number of nitrogens with zero attached hydrogens (tertiary/aromatic N) is 3. The average molecular weight is 360 g/mol. The van der Waals surface area contributed by atoms with Crippen molar-refractivity contribution in [1.82, 2.24) is 4.90 Å². The summed E-state index contributed by atoms with van der Waals surface area (Å²) in [7, 11) is 0. The zero-order valence-corrected chi connectivity index (χ0v) is 14.2. The van der Waals surface area contributed by atoms with E-state index in [2.05, 4.69) is 0 Å². The molecule has 3 atom stereocenters. The molecule has 4 rings (SSSR count). The third-order valence-electron chi connectivity index (χ3n) is 5.65. The van der Waals surface area contributed by atoms with Crippen LogP contribution >= 0.6 is 0 Å². The van der Waals surface area contributed by atoms with E-state index in [4.69, 9.17) is 10.5 Å². The standard InChI is InChI=1S/C17H20N4O5/c18-13-3-1-10-6-19(7-12(10)13)16(22)8-20-14-5-11(21(24)25)2-4-15(14)26-9-17(20)23/h2,4-5,10,12-13H,1,3,6-9,18H2. The van der Waals surface area contributed by atoms with Gasteiger partial charge in [0.1, 0.15) is 12.3 Å². The van der Waals surface area contributed by atoms with Crippen LogP contribution < -0.4 is 15.4 Å². The molecule has 2 fully saturated rings. The lowest BCUT2D eigenvalue weighted by atomic mass is 9.98. The van der Waals surface area contributed by atoms with Gasteiger partial charge in [0.25, 0.3) is 11.6 Å². The first-order valence-corrected chi connectivity index (χ1v) is 8.69. The van der Waals surface area contributed by atoms with Crippen LogP contribution in [-0.4, -0.2) is 53.9 Å². The molecule has 1 saturated carbocycles. The molecule has 1 aromatic carbocycles. The van der Waals surface area contributed by atoms with Gasteiger partial charge in [0.2, 0.25) is 5.91 Å². The van der Waals surface area contributed by atoms with E-state index in [1.807, 2.05) is 0 Å². The number of rotatable bonds is 3. The number of carbonyl (C=O) groups is 2. The summed E-state index contributed by atoms with van der Waals surface area (Å²) in [5.41, 5.74) is 6.23. The van der Waals surface area contributed by atoms with Crippen LogP contribution in [-0.2, 0) is 9.59 Å². The molecule has 2 N–H and O–H groups in total. The number of fused-ring (bicyclic) bond motifs is 2. The van der Waals surface area contributed by atoms with Crippen molar-refractivity contribution in [3.8, 4) is 5.75 Å². The number of amides is 2. The summed E-state index contributed by atoms with van der Waals surface area (Å²) in [6.07, 6.45) is 2.03. The van der Waals surface area contributed by atoms with E-state index in [0.29, 0.717) is 30.7 Å². The number of benzene rings is 1. The Hall–Kier alpha value is -2.68. The smallest absolute Gasteiger partial charge is 0.271 e. The molecule has 1 aromatic rings. The van der Waals surface area contributed by atoms with Crippen LogP contribution in [0.1, 0.15) is 12.8 Å². The molecule has 3 unspecified atom stereocenters. The van der Waals surface area contributed by atoms with Crippen molar-refractivity contribution in [2.75, 3.05) is 31.1 Å². The summed E-state index contributed by atoms with van der Waals surface area (Å²) < 4.78 is 5.33. The van der Waals surface area contributed by atoms with Crippen molar-refractivity contribution in [3.05, 3.63) is 28.3 Å². The largest absolute Gasteiger partial charge is 0.482 e. The van der Waals surface area contributed by atoms with Gasteiger partial charge in [-0.15, -0.1) is 0 Å². The van der Waals surface area contributed by atoms with Gasteiger partial charge in [-0.2, -0.15) is 0 Å². The fraction of sp³-hybridized carbons (Fsp3) is 0.529. The van der Waals surface area contributed by atoms with E-state index in [1.54, 1.807) is 4.90 Å². The monoisotopic (exact) mass is 360 g/mol. The molecule has 138 valence electrons. The Bertz CT molecular complexity index is 782. The fourth-order valence-electron chi connectivity index (χ4n) is 4.22. The van der Waals surface area contributed by atoms with E-state index >= 15 is 0 Å². The highest BCUT2D eigenvalue weighted by Crippen LogP contribution is 2.38. The average Bonchev–Trinajstić information content (AvgIpc) is 3.19. The predicted molar refractivity (Wildman–Crippen MR) is 91.7 cm³/mol. The number of non-ortho nitro benzene ring substituents is 1. The molecule has 0 bridgehead atoms. The van der Waals surface area contributed by atoms with E-state index in [0.717, 1.165) is 12.8 Å². The topological polar surface area (TPSA) is 119 Å². The highest BCUT2D eigenvalue weighted by molar-refractivity contribution is 6.02. The minimum Gasteiger partial charge on any atom is -0.482 e. The van der Waals surface area contributed by atoms with Gasteiger partial charge in [0.05, 0.1) is 10.6 Å². The minimum absolute atomic E-state index is 0.131. The van der Waals surface area contributed by atoms with E-state index in [-0.39, 0.29) is 42.4 Å². The zero-order chi connectivity index (χ0) is 18.4. The Labute approximate surface area is 149 Å². The Morgan fingerprint density at radius 1 is 1.35 bits per heavy atom. The van der Waals surface area contributed by atoms with Gasteiger partial charge in [0.15, 0.2) is 6.61 Å². The third kappa shape index (κ3) is 2.78. The highest BCUT2D eigenvalue weighted by Gasteiger charge is 2.43. The SMILES string of the molecule is NC1CCC2CN(C(=O)CN3C(=O)COc4ccc([N+](=O)[O-])cc43)CC12. The number of carbonyl (C=O) groups excluding carboxylic acids is 2. The lowest BCUT2D eigenvalue weighted by Gasteiger charge is -2.30. The number of hydrogen-bond donors (Lipinski definition) is 1. The molecule has 3 aliphatic rings. The molecule has 1 aliphatic carbocycles. The van der Waals surface area contributed by atoms with Crippen LogP contribution in [0, 0.1) is 22.0 Å². The number of ether oxygens (including phenoxy) is 1. The van der Waals surface area contributed by atoms with Crippen molar-refractivity contribution in [1.29, 1.82) is 0 Å². The molecule has 2 aliphatic heterocycles. The summed E-state index contributed by atoms with van der Waals surface area (Å²) in [5, 5.41) is 11.0. The van der Waals surface area contributed by atoms with Gasteiger partial charge in [-0.3, -0.25) is 24.6 Å². The van der Waals surface area contributed by atoms with Crippen LogP contribution in [0.25, 0.3) is 0 Å². The molecule has 0 radical (unpaired) electrons. The Morgan fingerprint density at radius 3 is 2.88 bits per heavy atom. The first kappa shape index (κ1) is 16.8. The van der Waals surface area contributed by atoms with Gasteiger partial charge in [-0.25, -0.2) is 0 Å². The maximum atomic E-state index is 12.7. The van der Waals surface area contributed by atoms with E-state index in [9.17, 15) is 19.7 Å². The molecular weight excluding hydrogens is 340 g/mol. The second-order valence-corrected chi connectivity index (χ2v) is 7.14.